The highest BCUT2D eigenvalue weighted by Gasteiger charge is 2.26. The van der Waals surface area contributed by atoms with E-state index in [1.54, 1.807) is 24.3 Å². The highest BCUT2D eigenvalue weighted by atomic mass is 32.1. The summed E-state index contributed by atoms with van der Waals surface area (Å²) >= 11 is 1.40. The van der Waals surface area contributed by atoms with Crippen molar-refractivity contribution in [3.05, 3.63) is 40.4 Å². The van der Waals surface area contributed by atoms with Crippen LogP contribution in [0.2, 0.25) is 0 Å². The highest BCUT2D eigenvalue weighted by molar-refractivity contribution is 7.15. The number of urea groups is 1. The summed E-state index contributed by atoms with van der Waals surface area (Å²) in [6, 6.07) is 8.26. The lowest BCUT2D eigenvalue weighted by molar-refractivity contribution is 0.0500. The Morgan fingerprint density at radius 3 is 2.83 bits per heavy atom. The van der Waals surface area contributed by atoms with Crippen molar-refractivity contribution < 1.29 is 14.3 Å². The van der Waals surface area contributed by atoms with Crippen LogP contribution in [0.15, 0.2) is 24.3 Å². The quantitative estimate of drug-likeness (QED) is 0.702. The molecule has 0 bridgehead atoms. The van der Waals surface area contributed by atoms with E-state index in [1.165, 1.54) is 11.3 Å². The molecule has 1 atom stereocenters. The van der Waals surface area contributed by atoms with Crippen LogP contribution < -0.4 is 16.0 Å². The number of anilines is 2. The summed E-state index contributed by atoms with van der Waals surface area (Å²) in [6.45, 7) is 5.48. The van der Waals surface area contributed by atoms with Crippen LogP contribution in [0.25, 0.3) is 0 Å². The van der Waals surface area contributed by atoms with Gasteiger partial charge in [-0.25, -0.2) is 14.6 Å². The molecule has 2 aromatic rings. The normalized spacial score (nSPS) is 15.6. The number of hydrogen-bond acceptors (Lipinski definition) is 6. The molecule has 1 aliphatic rings. The molecule has 0 radical (unpaired) electrons. The average molecular weight is 414 g/mol. The van der Waals surface area contributed by atoms with Crippen LogP contribution in [0.3, 0.4) is 0 Å². The monoisotopic (exact) mass is 413 g/mol. The Morgan fingerprint density at radius 2 is 2.10 bits per heavy atom. The maximum Gasteiger partial charge on any atom is 0.407 e. The third-order valence-electron chi connectivity index (χ3n) is 4.13. The summed E-state index contributed by atoms with van der Waals surface area (Å²) in [6.07, 6.45) is 1.72. The molecule has 1 aliphatic carbocycles. The number of hydrogen-bond donors (Lipinski definition) is 3. The van der Waals surface area contributed by atoms with Crippen LogP contribution >= 0.6 is 11.3 Å². The zero-order valence-corrected chi connectivity index (χ0v) is 17.4. The third-order valence-corrected chi connectivity index (χ3v) is 5.17. The molecule has 152 valence electrons. The minimum atomic E-state index is -0.536. The first-order chi connectivity index (χ1) is 13.7. The summed E-state index contributed by atoms with van der Waals surface area (Å²) in [5.41, 5.74) is 1.41. The summed E-state index contributed by atoms with van der Waals surface area (Å²) in [5, 5.41) is 17.8. The van der Waals surface area contributed by atoms with E-state index in [-0.39, 0.29) is 6.04 Å². The number of ether oxygens (including phenoxy) is 1. The Bertz CT molecular complexity index is 958. The van der Waals surface area contributed by atoms with Gasteiger partial charge in [0.1, 0.15) is 5.60 Å². The van der Waals surface area contributed by atoms with Gasteiger partial charge in [-0.05, 0) is 51.8 Å². The van der Waals surface area contributed by atoms with Gasteiger partial charge in [0.2, 0.25) is 0 Å². The number of carbonyl (C=O) groups is 2. The van der Waals surface area contributed by atoms with Crippen molar-refractivity contribution in [3.63, 3.8) is 0 Å². The molecule has 0 saturated carbocycles. The third kappa shape index (κ3) is 5.93. The summed E-state index contributed by atoms with van der Waals surface area (Å²) < 4.78 is 5.31. The van der Waals surface area contributed by atoms with Crippen LogP contribution in [-0.4, -0.2) is 28.8 Å². The molecule has 8 nitrogen and oxygen atoms in total. The van der Waals surface area contributed by atoms with E-state index in [2.05, 4.69) is 20.9 Å². The molecule has 3 N–H and O–H groups in total. The second kappa shape index (κ2) is 8.49. The predicted octanol–water partition coefficient (Wildman–Crippen LogP) is 4.04. The minimum Gasteiger partial charge on any atom is -0.444 e. The van der Waals surface area contributed by atoms with Gasteiger partial charge < -0.3 is 15.4 Å². The van der Waals surface area contributed by atoms with E-state index < -0.39 is 17.7 Å². The SMILES string of the molecule is CC(C)(C)OC(=O)N[C@H]1CCc2nc(NC(=O)Nc3cccc(C#N)c3)sc2C1. The van der Waals surface area contributed by atoms with Crippen molar-refractivity contribution in [2.45, 2.75) is 51.7 Å². The summed E-state index contributed by atoms with van der Waals surface area (Å²) in [5.74, 6) is 0. The molecule has 0 fully saturated rings. The second-order valence-corrected chi connectivity index (χ2v) is 8.83. The van der Waals surface area contributed by atoms with Gasteiger partial charge >= 0.3 is 12.1 Å². The first kappa shape index (κ1) is 20.6. The second-order valence-electron chi connectivity index (χ2n) is 7.75. The van der Waals surface area contributed by atoms with Gasteiger partial charge in [-0.15, -0.1) is 11.3 Å². The Labute approximate surface area is 173 Å². The van der Waals surface area contributed by atoms with E-state index in [4.69, 9.17) is 10.00 Å². The van der Waals surface area contributed by atoms with E-state index in [0.29, 0.717) is 22.8 Å². The molecular weight excluding hydrogens is 390 g/mol. The molecule has 1 aromatic heterocycles. The smallest absolute Gasteiger partial charge is 0.407 e. The van der Waals surface area contributed by atoms with Crippen LogP contribution in [0, 0.1) is 11.3 Å². The van der Waals surface area contributed by atoms with Crippen LogP contribution in [0.4, 0.5) is 20.4 Å². The van der Waals surface area contributed by atoms with Gasteiger partial charge in [-0.1, -0.05) is 6.07 Å². The summed E-state index contributed by atoms with van der Waals surface area (Å²) in [7, 11) is 0. The van der Waals surface area contributed by atoms with E-state index in [0.717, 1.165) is 23.4 Å². The number of aromatic nitrogens is 1. The number of fused-ring (bicyclic) bond motifs is 1. The summed E-state index contributed by atoms with van der Waals surface area (Å²) in [4.78, 5) is 29.7. The van der Waals surface area contributed by atoms with Gasteiger partial charge in [0, 0.05) is 23.0 Å². The number of benzene rings is 1. The van der Waals surface area contributed by atoms with Crippen molar-refractivity contribution in [2.24, 2.45) is 0 Å². The molecule has 29 heavy (non-hydrogen) atoms. The van der Waals surface area contributed by atoms with E-state index >= 15 is 0 Å². The Kier molecular flexibility index (Phi) is 6.03. The van der Waals surface area contributed by atoms with Crippen molar-refractivity contribution in [2.75, 3.05) is 10.6 Å². The molecule has 0 aliphatic heterocycles. The molecule has 3 amide bonds. The van der Waals surface area contributed by atoms with Gasteiger partial charge in [0.25, 0.3) is 0 Å². The number of rotatable bonds is 3. The van der Waals surface area contributed by atoms with Gasteiger partial charge in [0.15, 0.2) is 5.13 Å². The molecule has 0 unspecified atom stereocenters. The lowest BCUT2D eigenvalue weighted by Gasteiger charge is -2.25. The van der Waals surface area contributed by atoms with Crippen molar-refractivity contribution in [3.8, 4) is 6.07 Å². The predicted molar refractivity (Wildman–Crippen MR) is 111 cm³/mol. The largest absolute Gasteiger partial charge is 0.444 e. The number of nitriles is 1. The number of alkyl carbamates (subject to hydrolysis) is 1. The van der Waals surface area contributed by atoms with Crippen LogP contribution in [0.1, 0.15) is 43.3 Å². The zero-order valence-electron chi connectivity index (χ0n) is 16.5. The minimum absolute atomic E-state index is 0.0202. The van der Waals surface area contributed by atoms with Crippen LogP contribution in [-0.2, 0) is 17.6 Å². The molecule has 9 heteroatoms. The lowest BCUT2D eigenvalue weighted by Crippen LogP contribution is -2.41. The lowest BCUT2D eigenvalue weighted by atomic mass is 9.98. The van der Waals surface area contributed by atoms with Gasteiger partial charge in [-0.2, -0.15) is 5.26 Å². The number of amides is 3. The first-order valence-corrected chi connectivity index (χ1v) is 10.1. The Balaban J connectivity index is 1.57. The average Bonchev–Trinajstić information content (AvgIpc) is 3.01. The van der Waals surface area contributed by atoms with Crippen LogP contribution in [0.5, 0.6) is 0 Å². The molecule has 1 aromatic carbocycles. The van der Waals surface area contributed by atoms with Gasteiger partial charge in [0.05, 0.1) is 17.3 Å². The topological polar surface area (TPSA) is 116 Å². The number of nitrogens with zero attached hydrogens (tertiary/aromatic N) is 2. The van der Waals surface area contributed by atoms with Crippen molar-refractivity contribution >= 4 is 34.3 Å². The maximum atomic E-state index is 12.2. The number of nitrogens with one attached hydrogen (secondary N) is 3. The van der Waals surface area contributed by atoms with Crippen molar-refractivity contribution in [1.82, 2.24) is 10.3 Å². The fourth-order valence-electron chi connectivity index (χ4n) is 2.95. The van der Waals surface area contributed by atoms with E-state index in [9.17, 15) is 9.59 Å². The molecule has 0 spiro atoms. The Morgan fingerprint density at radius 1 is 1.31 bits per heavy atom. The Hall–Kier alpha value is -3.12. The standard InChI is InChI=1S/C20H23N5O3S/c1-20(2,3)28-19(27)23-14-7-8-15-16(10-14)29-18(24-15)25-17(26)22-13-6-4-5-12(9-13)11-21/h4-6,9,14H,7-8,10H2,1-3H3,(H,23,27)(H2,22,24,25,26)/t14-/m0/s1. The van der Waals surface area contributed by atoms with Crippen molar-refractivity contribution in [1.29, 1.82) is 5.26 Å². The van der Waals surface area contributed by atoms with Gasteiger partial charge in [-0.3, -0.25) is 5.32 Å². The fraction of sp³-hybridized carbons (Fsp3) is 0.400. The molecule has 0 saturated heterocycles. The maximum absolute atomic E-state index is 12.2. The zero-order chi connectivity index (χ0) is 21.0. The number of aryl methyl sites for hydroxylation is 1. The molecule has 1 heterocycles. The first-order valence-electron chi connectivity index (χ1n) is 9.28. The molecular formula is C20H23N5O3S. The van der Waals surface area contributed by atoms with E-state index in [1.807, 2.05) is 26.8 Å². The number of carbonyl (C=O) groups excluding carboxylic acids is 2. The molecule has 3 rings (SSSR count). The fourth-order valence-corrected chi connectivity index (χ4v) is 4.03. The highest BCUT2D eigenvalue weighted by Crippen LogP contribution is 2.30. The number of thiazole rings is 1.